The number of aliphatic hydroxyl groups is 1. The Labute approximate surface area is 185 Å². The van der Waals surface area contributed by atoms with Crippen molar-refractivity contribution in [2.24, 2.45) is 0 Å². The summed E-state index contributed by atoms with van der Waals surface area (Å²) in [7, 11) is 0. The largest absolute Gasteiger partial charge is 0.395 e. The predicted octanol–water partition coefficient (Wildman–Crippen LogP) is 2.55. The van der Waals surface area contributed by atoms with Crippen LogP contribution < -0.4 is 10.5 Å². The van der Waals surface area contributed by atoms with Crippen LogP contribution in [0.4, 0.5) is 10.2 Å². The van der Waals surface area contributed by atoms with Gasteiger partial charge in [0.1, 0.15) is 5.82 Å². The van der Waals surface area contributed by atoms with E-state index in [2.05, 4.69) is 4.98 Å². The Morgan fingerprint density at radius 2 is 1.81 bits per heavy atom. The summed E-state index contributed by atoms with van der Waals surface area (Å²) in [6.45, 7) is 2.09. The van der Waals surface area contributed by atoms with Gasteiger partial charge in [0.15, 0.2) is 5.82 Å². The van der Waals surface area contributed by atoms with E-state index in [9.17, 15) is 19.1 Å². The monoisotopic (exact) mass is 438 g/mol. The smallest absolute Gasteiger partial charge is 0.294 e. The van der Waals surface area contributed by atoms with Gasteiger partial charge in [0.05, 0.1) is 17.6 Å². The number of anilines is 1. The molecule has 0 aliphatic carbocycles. The molecule has 0 unspecified atom stereocenters. The normalized spacial score (nSPS) is 13.6. The number of fused-ring (bicyclic) bond motifs is 1. The second-order valence-electron chi connectivity index (χ2n) is 7.99. The van der Waals surface area contributed by atoms with Crippen LogP contribution in [0.3, 0.4) is 0 Å². The molecule has 1 aromatic heterocycles. The molecule has 1 saturated heterocycles. The van der Waals surface area contributed by atoms with Crippen LogP contribution in [-0.4, -0.2) is 51.7 Å². The number of carbonyl (C=O) groups is 1. The van der Waals surface area contributed by atoms with Gasteiger partial charge in [-0.15, -0.1) is 0 Å². The maximum absolute atomic E-state index is 13.3. The zero-order valence-electron chi connectivity index (χ0n) is 17.9. The van der Waals surface area contributed by atoms with Crippen molar-refractivity contribution >= 4 is 22.8 Å². The zero-order chi connectivity index (χ0) is 22.5. The third-order valence-electron chi connectivity index (χ3n) is 5.80. The highest BCUT2D eigenvalue weighted by atomic mass is 19.1. The van der Waals surface area contributed by atoms with Crippen molar-refractivity contribution < 1.29 is 14.3 Å². The van der Waals surface area contributed by atoms with Gasteiger partial charge in [-0.25, -0.2) is 9.37 Å². The highest BCUT2D eigenvalue weighted by Gasteiger charge is 2.21. The first-order valence-electron chi connectivity index (χ1n) is 10.9. The van der Waals surface area contributed by atoms with Crippen LogP contribution in [0.2, 0.25) is 0 Å². The van der Waals surface area contributed by atoms with E-state index in [1.165, 1.54) is 17.0 Å². The Balaban J connectivity index is 1.56. The van der Waals surface area contributed by atoms with E-state index < -0.39 is 0 Å². The minimum atomic E-state index is -0.341. The molecule has 0 saturated carbocycles. The van der Waals surface area contributed by atoms with Crippen molar-refractivity contribution in [2.75, 3.05) is 31.1 Å². The fourth-order valence-corrected chi connectivity index (χ4v) is 4.12. The summed E-state index contributed by atoms with van der Waals surface area (Å²) in [5.74, 6) is -0.0856. The molecule has 0 bridgehead atoms. The number of hydrogen-bond donors (Lipinski definition) is 1. The Morgan fingerprint density at radius 1 is 1.09 bits per heavy atom. The minimum Gasteiger partial charge on any atom is -0.395 e. The third-order valence-corrected chi connectivity index (χ3v) is 5.80. The van der Waals surface area contributed by atoms with Gasteiger partial charge in [0, 0.05) is 39.1 Å². The average molecular weight is 439 g/mol. The van der Waals surface area contributed by atoms with Crippen molar-refractivity contribution in [2.45, 2.75) is 32.4 Å². The number of nitrogens with zero attached hydrogens (tertiary/aromatic N) is 4. The van der Waals surface area contributed by atoms with Gasteiger partial charge in [0.2, 0.25) is 5.91 Å². The molecule has 0 atom stereocenters. The number of hydrogen-bond acceptors (Lipinski definition) is 5. The second kappa shape index (κ2) is 9.91. The van der Waals surface area contributed by atoms with Crippen molar-refractivity contribution in [3.63, 3.8) is 0 Å². The molecule has 4 rings (SSSR count). The lowest BCUT2D eigenvalue weighted by Crippen LogP contribution is -2.36. The van der Waals surface area contributed by atoms with Crippen molar-refractivity contribution in [3.05, 3.63) is 70.3 Å². The molecule has 8 heteroatoms. The van der Waals surface area contributed by atoms with Crippen LogP contribution in [0.1, 0.15) is 24.8 Å². The zero-order valence-corrected chi connectivity index (χ0v) is 17.9. The predicted molar refractivity (Wildman–Crippen MR) is 121 cm³/mol. The number of para-hydroxylation sites is 2. The van der Waals surface area contributed by atoms with Gasteiger partial charge in [-0.1, -0.05) is 24.3 Å². The van der Waals surface area contributed by atoms with E-state index >= 15 is 0 Å². The summed E-state index contributed by atoms with van der Waals surface area (Å²) >= 11 is 0. The number of amides is 1. The third kappa shape index (κ3) is 4.80. The summed E-state index contributed by atoms with van der Waals surface area (Å²) in [6.07, 6.45) is 2.17. The molecular weight excluding hydrogens is 411 g/mol. The van der Waals surface area contributed by atoms with Crippen LogP contribution in [0, 0.1) is 5.82 Å². The van der Waals surface area contributed by atoms with E-state index in [-0.39, 0.29) is 49.9 Å². The molecule has 0 radical (unpaired) electrons. The van der Waals surface area contributed by atoms with E-state index in [0.29, 0.717) is 11.3 Å². The van der Waals surface area contributed by atoms with Crippen molar-refractivity contribution in [1.82, 2.24) is 14.5 Å². The fraction of sp³-hybridized carbons (Fsp3) is 0.375. The van der Waals surface area contributed by atoms with Crippen LogP contribution >= 0.6 is 0 Å². The minimum absolute atomic E-state index is 0.106. The van der Waals surface area contributed by atoms with Crippen LogP contribution in [0.5, 0.6) is 0 Å². The SMILES string of the molecule is O=C(CCn1c(=O)c(N2CCCC2)nc2ccccc21)N(CCO)Cc1ccc(F)cc1. The Hall–Kier alpha value is -3.26. The number of rotatable bonds is 8. The number of aliphatic hydroxyl groups excluding tert-OH is 1. The van der Waals surface area contributed by atoms with Crippen LogP contribution in [0.15, 0.2) is 53.3 Å². The highest BCUT2D eigenvalue weighted by molar-refractivity contribution is 5.78. The summed E-state index contributed by atoms with van der Waals surface area (Å²) < 4.78 is 14.8. The Kier molecular flexibility index (Phi) is 6.80. The molecular formula is C24H27FN4O3. The molecule has 1 aliphatic heterocycles. The highest BCUT2D eigenvalue weighted by Crippen LogP contribution is 2.19. The van der Waals surface area contributed by atoms with Gasteiger partial charge in [-0.3, -0.25) is 9.59 Å². The number of benzene rings is 2. The number of aryl methyl sites for hydroxylation is 1. The number of halogens is 1. The van der Waals surface area contributed by atoms with Crippen molar-refractivity contribution in [1.29, 1.82) is 0 Å². The summed E-state index contributed by atoms with van der Waals surface area (Å²) in [5.41, 5.74) is 2.00. The standard InChI is InChI=1S/C24H27FN4O3/c25-19-9-7-18(8-10-19)17-28(15-16-30)22(31)11-14-29-21-6-2-1-5-20(21)26-23(24(29)32)27-12-3-4-13-27/h1-2,5-10,30H,3-4,11-17H2. The topological polar surface area (TPSA) is 78.7 Å². The van der Waals surface area contributed by atoms with Gasteiger partial charge in [0.25, 0.3) is 5.56 Å². The molecule has 0 spiro atoms. The lowest BCUT2D eigenvalue weighted by Gasteiger charge is -2.23. The fourth-order valence-electron chi connectivity index (χ4n) is 4.12. The first kappa shape index (κ1) is 22.0. The molecule has 1 fully saturated rings. The maximum atomic E-state index is 13.3. The average Bonchev–Trinajstić information content (AvgIpc) is 3.34. The molecule has 32 heavy (non-hydrogen) atoms. The molecule has 2 heterocycles. The molecule has 7 nitrogen and oxygen atoms in total. The first-order valence-corrected chi connectivity index (χ1v) is 10.9. The molecule has 3 aromatic rings. The van der Waals surface area contributed by atoms with Crippen LogP contribution in [0.25, 0.3) is 11.0 Å². The quantitative estimate of drug-likeness (QED) is 0.585. The number of aromatic nitrogens is 2. The van der Waals surface area contributed by atoms with E-state index in [1.54, 1.807) is 16.7 Å². The Morgan fingerprint density at radius 3 is 2.53 bits per heavy atom. The van der Waals surface area contributed by atoms with Gasteiger partial charge in [-0.05, 0) is 42.7 Å². The maximum Gasteiger partial charge on any atom is 0.294 e. The van der Waals surface area contributed by atoms with Gasteiger partial charge in [-0.2, -0.15) is 0 Å². The summed E-state index contributed by atoms with van der Waals surface area (Å²) in [5, 5.41) is 9.41. The van der Waals surface area contributed by atoms with Crippen LogP contribution in [-0.2, 0) is 17.9 Å². The lowest BCUT2D eigenvalue weighted by molar-refractivity contribution is -0.132. The van der Waals surface area contributed by atoms with E-state index in [0.717, 1.165) is 37.0 Å². The molecule has 168 valence electrons. The van der Waals surface area contributed by atoms with E-state index in [4.69, 9.17) is 0 Å². The molecule has 1 amide bonds. The van der Waals surface area contributed by atoms with Gasteiger partial charge < -0.3 is 19.5 Å². The molecule has 2 aromatic carbocycles. The number of carbonyl (C=O) groups excluding carboxylic acids is 1. The molecule has 1 N–H and O–H groups in total. The van der Waals surface area contributed by atoms with Gasteiger partial charge >= 0.3 is 0 Å². The summed E-state index contributed by atoms with van der Waals surface area (Å²) in [6, 6.07) is 13.4. The van der Waals surface area contributed by atoms with E-state index in [1.807, 2.05) is 29.2 Å². The lowest BCUT2D eigenvalue weighted by atomic mass is 10.2. The molecule has 1 aliphatic rings. The Bertz CT molecular complexity index is 1140. The first-order chi connectivity index (χ1) is 15.6. The second-order valence-corrected chi connectivity index (χ2v) is 7.99. The van der Waals surface area contributed by atoms with Crippen molar-refractivity contribution in [3.8, 4) is 0 Å². The summed E-state index contributed by atoms with van der Waals surface area (Å²) in [4.78, 5) is 34.4.